The maximum atomic E-state index is 12.9. The summed E-state index contributed by atoms with van der Waals surface area (Å²) >= 11 is 5.60. The van der Waals surface area contributed by atoms with Gasteiger partial charge in [0.1, 0.15) is 11.6 Å². The first kappa shape index (κ1) is 10.6. The van der Waals surface area contributed by atoms with Crippen LogP contribution in [0, 0.1) is 5.82 Å². The quantitative estimate of drug-likeness (QED) is 0.875. The lowest BCUT2D eigenvalue weighted by molar-refractivity contribution is 0.461. The molecule has 0 unspecified atom stereocenters. The number of rotatable bonds is 2. The van der Waals surface area contributed by atoms with E-state index < -0.39 is 5.82 Å². The SMILES string of the molecule is Nc1nccc(Oc2ccc(F)c(Cl)c2)n1. The van der Waals surface area contributed by atoms with Crippen LogP contribution in [0.15, 0.2) is 30.5 Å². The third kappa shape index (κ3) is 2.38. The van der Waals surface area contributed by atoms with E-state index in [1.165, 1.54) is 30.5 Å². The summed E-state index contributed by atoms with van der Waals surface area (Å²) in [4.78, 5) is 7.54. The predicted octanol–water partition coefficient (Wildman–Crippen LogP) is 2.64. The molecule has 0 aliphatic carbocycles. The first-order valence-electron chi connectivity index (χ1n) is 4.36. The third-order valence-electron chi connectivity index (χ3n) is 1.76. The first-order chi connectivity index (χ1) is 7.65. The second kappa shape index (κ2) is 4.32. The molecule has 0 spiro atoms. The normalized spacial score (nSPS) is 10.1. The van der Waals surface area contributed by atoms with Crippen molar-refractivity contribution in [3.8, 4) is 11.6 Å². The lowest BCUT2D eigenvalue weighted by Crippen LogP contribution is -1.96. The molecular weight excluding hydrogens is 233 g/mol. The summed E-state index contributed by atoms with van der Waals surface area (Å²) in [6.45, 7) is 0. The van der Waals surface area contributed by atoms with Crippen LogP contribution in [0.1, 0.15) is 0 Å². The van der Waals surface area contributed by atoms with Crippen LogP contribution in [0.3, 0.4) is 0 Å². The summed E-state index contributed by atoms with van der Waals surface area (Å²) in [5, 5.41) is -0.0143. The Balaban J connectivity index is 2.24. The molecule has 0 fully saturated rings. The van der Waals surface area contributed by atoms with Crippen LogP contribution in [0.2, 0.25) is 5.02 Å². The van der Waals surface area contributed by atoms with Gasteiger partial charge in [0.25, 0.3) is 0 Å². The lowest BCUT2D eigenvalue weighted by Gasteiger charge is -2.05. The van der Waals surface area contributed by atoms with Crippen molar-refractivity contribution in [2.24, 2.45) is 0 Å². The van der Waals surface area contributed by atoms with Gasteiger partial charge in [0.2, 0.25) is 11.8 Å². The molecule has 2 aromatic rings. The van der Waals surface area contributed by atoms with E-state index in [1.807, 2.05) is 0 Å². The summed E-state index contributed by atoms with van der Waals surface area (Å²) in [5.74, 6) is 0.251. The Kier molecular flexibility index (Phi) is 2.87. The van der Waals surface area contributed by atoms with E-state index in [0.29, 0.717) is 5.75 Å². The van der Waals surface area contributed by atoms with Crippen LogP contribution in [-0.2, 0) is 0 Å². The van der Waals surface area contributed by atoms with Crippen LogP contribution >= 0.6 is 11.6 Å². The van der Waals surface area contributed by atoms with Crippen molar-refractivity contribution in [1.82, 2.24) is 9.97 Å². The van der Waals surface area contributed by atoms with Crippen molar-refractivity contribution in [2.75, 3.05) is 5.73 Å². The van der Waals surface area contributed by atoms with Gasteiger partial charge < -0.3 is 10.5 Å². The minimum atomic E-state index is -0.504. The fraction of sp³-hybridized carbons (Fsp3) is 0. The zero-order valence-electron chi connectivity index (χ0n) is 8.02. The number of hydrogen-bond donors (Lipinski definition) is 1. The van der Waals surface area contributed by atoms with Crippen LogP contribution in [0.5, 0.6) is 11.6 Å². The minimum absolute atomic E-state index is 0.0143. The number of benzene rings is 1. The Morgan fingerprint density at radius 1 is 1.31 bits per heavy atom. The summed E-state index contributed by atoms with van der Waals surface area (Å²) in [7, 11) is 0. The number of nitrogens with two attached hydrogens (primary N) is 1. The van der Waals surface area contributed by atoms with Crippen molar-refractivity contribution in [3.05, 3.63) is 41.3 Å². The van der Waals surface area contributed by atoms with Crippen LogP contribution in [0.4, 0.5) is 10.3 Å². The highest BCUT2D eigenvalue weighted by Gasteiger charge is 2.03. The molecule has 1 aromatic carbocycles. The molecule has 2 N–H and O–H groups in total. The van der Waals surface area contributed by atoms with Gasteiger partial charge in [-0.15, -0.1) is 0 Å². The molecule has 0 bridgehead atoms. The number of hydrogen-bond acceptors (Lipinski definition) is 4. The number of nitrogens with zero attached hydrogens (tertiary/aromatic N) is 2. The van der Waals surface area contributed by atoms with Crippen molar-refractivity contribution < 1.29 is 9.13 Å². The summed E-state index contributed by atoms with van der Waals surface area (Å²) in [5.41, 5.74) is 5.38. The molecule has 1 aromatic heterocycles. The Morgan fingerprint density at radius 2 is 2.12 bits per heavy atom. The van der Waals surface area contributed by atoms with Gasteiger partial charge in [0.15, 0.2) is 0 Å². The van der Waals surface area contributed by atoms with Crippen molar-refractivity contribution in [2.45, 2.75) is 0 Å². The van der Waals surface area contributed by atoms with E-state index in [9.17, 15) is 4.39 Å². The third-order valence-corrected chi connectivity index (χ3v) is 2.05. The molecule has 16 heavy (non-hydrogen) atoms. The zero-order valence-corrected chi connectivity index (χ0v) is 8.78. The van der Waals surface area contributed by atoms with E-state index in [4.69, 9.17) is 22.1 Å². The van der Waals surface area contributed by atoms with E-state index in [1.54, 1.807) is 0 Å². The Bertz CT molecular complexity index is 521. The van der Waals surface area contributed by atoms with Gasteiger partial charge in [0.05, 0.1) is 5.02 Å². The molecule has 0 saturated heterocycles. The molecule has 0 amide bonds. The van der Waals surface area contributed by atoms with E-state index in [-0.39, 0.29) is 16.9 Å². The van der Waals surface area contributed by atoms with Gasteiger partial charge in [-0.1, -0.05) is 11.6 Å². The van der Waals surface area contributed by atoms with Crippen LogP contribution in [0.25, 0.3) is 0 Å². The van der Waals surface area contributed by atoms with Gasteiger partial charge in [-0.05, 0) is 12.1 Å². The average molecular weight is 240 g/mol. The zero-order chi connectivity index (χ0) is 11.5. The monoisotopic (exact) mass is 239 g/mol. The topological polar surface area (TPSA) is 61.0 Å². The fourth-order valence-corrected chi connectivity index (χ4v) is 1.24. The van der Waals surface area contributed by atoms with Crippen molar-refractivity contribution in [1.29, 1.82) is 0 Å². The molecule has 0 saturated carbocycles. The Hall–Kier alpha value is -1.88. The molecule has 0 aliphatic heterocycles. The molecule has 6 heteroatoms. The molecule has 1 heterocycles. The smallest absolute Gasteiger partial charge is 0.224 e. The molecule has 0 aliphatic rings. The van der Waals surface area contributed by atoms with Crippen molar-refractivity contribution >= 4 is 17.5 Å². The summed E-state index contributed by atoms with van der Waals surface area (Å²) in [6.07, 6.45) is 1.46. The predicted molar refractivity (Wildman–Crippen MR) is 57.9 cm³/mol. The van der Waals surface area contributed by atoms with E-state index in [2.05, 4.69) is 9.97 Å². The number of anilines is 1. The lowest BCUT2D eigenvalue weighted by atomic mass is 10.3. The average Bonchev–Trinajstić information content (AvgIpc) is 2.24. The number of halogens is 2. The maximum Gasteiger partial charge on any atom is 0.224 e. The summed E-state index contributed by atoms with van der Waals surface area (Å²) < 4.78 is 18.2. The largest absolute Gasteiger partial charge is 0.439 e. The first-order valence-corrected chi connectivity index (χ1v) is 4.74. The van der Waals surface area contributed by atoms with Gasteiger partial charge in [-0.25, -0.2) is 9.37 Å². The standard InChI is InChI=1S/C10H7ClFN3O/c11-7-5-6(1-2-8(7)12)16-9-3-4-14-10(13)15-9/h1-5H,(H2,13,14,15). The van der Waals surface area contributed by atoms with Crippen LogP contribution < -0.4 is 10.5 Å². The highest BCUT2D eigenvalue weighted by molar-refractivity contribution is 6.30. The molecule has 0 atom stereocenters. The second-order valence-corrected chi connectivity index (χ2v) is 3.34. The van der Waals surface area contributed by atoms with Gasteiger partial charge >= 0.3 is 0 Å². The van der Waals surface area contributed by atoms with Gasteiger partial charge in [0, 0.05) is 18.3 Å². The Morgan fingerprint density at radius 3 is 2.81 bits per heavy atom. The molecular formula is C10H7ClFN3O. The number of nitrogen functional groups attached to an aromatic ring is 1. The molecule has 82 valence electrons. The van der Waals surface area contributed by atoms with E-state index >= 15 is 0 Å². The molecule has 0 radical (unpaired) electrons. The maximum absolute atomic E-state index is 12.9. The summed E-state index contributed by atoms with van der Waals surface area (Å²) in [6, 6.07) is 5.55. The van der Waals surface area contributed by atoms with Crippen molar-refractivity contribution in [3.63, 3.8) is 0 Å². The van der Waals surface area contributed by atoms with Crippen LogP contribution in [-0.4, -0.2) is 9.97 Å². The highest BCUT2D eigenvalue weighted by Crippen LogP contribution is 2.24. The minimum Gasteiger partial charge on any atom is -0.439 e. The second-order valence-electron chi connectivity index (χ2n) is 2.93. The van der Waals surface area contributed by atoms with Gasteiger partial charge in [-0.3, -0.25) is 0 Å². The fourth-order valence-electron chi connectivity index (χ4n) is 1.07. The van der Waals surface area contributed by atoms with E-state index in [0.717, 1.165) is 0 Å². The molecule has 2 rings (SSSR count). The Labute approximate surface area is 95.9 Å². The molecule has 4 nitrogen and oxygen atoms in total. The number of ether oxygens (including phenoxy) is 1. The number of aromatic nitrogens is 2. The van der Waals surface area contributed by atoms with Gasteiger partial charge in [-0.2, -0.15) is 4.98 Å². The highest BCUT2D eigenvalue weighted by atomic mass is 35.5.